The molecule has 1 aromatic carbocycles. The van der Waals surface area contributed by atoms with Crippen LogP contribution in [-0.2, 0) is 30.1 Å². The summed E-state index contributed by atoms with van der Waals surface area (Å²) in [5, 5.41) is 12.5. The number of nitrogens with zero attached hydrogens (tertiary/aromatic N) is 6. The predicted octanol–water partition coefficient (Wildman–Crippen LogP) is 4.05. The topological polar surface area (TPSA) is 119 Å². The van der Waals surface area contributed by atoms with Gasteiger partial charge in [0.05, 0.1) is 35.2 Å². The summed E-state index contributed by atoms with van der Waals surface area (Å²) >= 11 is 11.5. The highest BCUT2D eigenvalue weighted by Crippen LogP contribution is 2.50. The van der Waals surface area contributed by atoms with Gasteiger partial charge in [0.1, 0.15) is 5.84 Å². The molecule has 2 aliphatic heterocycles. The minimum atomic E-state index is -4.93. The van der Waals surface area contributed by atoms with Crippen LogP contribution in [0.25, 0.3) is 0 Å². The van der Waals surface area contributed by atoms with Crippen molar-refractivity contribution in [3.8, 4) is 0 Å². The maximum atomic E-state index is 14.2. The van der Waals surface area contributed by atoms with Crippen molar-refractivity contribution in [2.75, 3.05) is 0 Å². The van der Waals surface area contributed by atoms with Gasteiger partial charge >= 0.3 is 6.18 Å². The Bertz CT molecular complexity index is 1410. The fourth-order valence-corrected chi connectivity index (χ4v) is 4.42. The van der Waals surface area contributed by atoms with Gasteiger partial charge in [-0.1, -0.05) is 28.4 Å². The van der Waals surface area contributed by atoms with Gasteiger partial charge < -0.3 is 19.5 Å². The minimum Gasteiger partial charge on any atom is -0.424 e. The van der Waals surface area contributed by atoms with E-state index < -0.39 is 45.5 Å². The highest BCUT2D eigenvalue weighted by atomic mass is 35.5. The first kappa shape index (κ1) is 25.1. The Morgan fingerprint density at radius 1 is 1.22 bits per heavy atom. The Labute approximate surface area is 215 Å². The smallest absolute Gasteiger partial charge is 0.424 e. The summed E-state index contributed by atoms with van der Waals surface area (Å²) in [5.41, 5.74) is -2.36. The molecule has 194 valence electrons. The van der Waals surface area contributed by atoms with Gasteiger partial charge in [-0.2, -0.15) is 13.2 Å². The number of alkyl halides is 3. The second-order valence-electron chi connectivity index (χ2n) is 8.27. The number of carbonyl (C=O) groups excluding carboxylic acids is 1. The lowest BCUT2D eigenvalue weighted by Crippen LogP contribution is -2.44. The lowest BCUT2D eigenvalue weighted by Gasteiger charge is -2.30. The number of rotatable bonds is 4. The van der Waals surface area contributed by atoms with Crippen molar-refractivity contribution in [2.45, 2.75) is 44.8 Å². The van der Waals surface area contributed by atoms with Crippen molar-refractivity contribution < 1.29 is 31.6 Å². The maximum absolute atomic E-state index is 14.2. The third-order valence-electron chi connectivity index (χ3n) is 5.81. The highest BCUT2D eigenvalue weighted by molar-refractivity contribution is 6.35. The quantitative estimate of drug-likeness (QED) is 0.375. The van der Waals surface area contributed by atoms with Crippen LogP contribution in [0.2, 0.25) is 10.0 Å². The summed E-state index contributed by atoms with van der Waals surface area (Å²) in [6.07, 6.45) is -4.23. The number of hydrogen-bond donors (Lipinski definition) is 1. The third-order valence-corrected chi connectivity index (χ3v) is 6.36. The first-order chi connectivity index (χ1) is 17.5. The number of aromatic nitrogens is 4. The molecule has 37 heavy (non-hydrogen) atoms. The monoisotopic (exact) mass is 559 g/mol. The van der Waals surface area contributed by atoms with Crippen molar-refractivity contribution in [2.24, 2.45) is 5.16 Å². The lowest BCUT2D eigenvalue weighted by atomic mass is 9.89. The second kappa shape index (κ2) is 9.10. The minimum absolute atomic E-state index is 0.0235. The summed E-state index contributed by atoms with van der Waals surface area (Å²) in [6.45, 7) is 1.77. The second-order valence-corrected chi connectivity index (χ2v) is 9.09. The molecule has 0 radical (unpaired) electrons. The number of nitrogens with one attached hydrogen (secondary N) is 1. The van der Waals surface area contributed by atoms with Crippen molar-refractivity contribution in [1.82, 2.24) is 30.4 Å². The summed E-state index contributed by atoms with van der Waals surface area (Å²) in [6, 6.07) is 1.64. The molecule has 16 heteroatoms. The number of oxime groups is 1. The Morgan fingerprint density at radius 2 is 1.95 bits per heavy atom. The molecule has 0 saturated heterocycles. The fraction of sp³-hybridized carbons (Fsp3) is 0.333. The molecule has 1 atom stereocenters. The lowest BCUT2D eigenvalue weighted by molar-refractivity contribution is -0.275. The van der Waals surface area contributed by atoms with Gasteiger partial charge in [-0.25, -0.2) is 14.4 Å². The molecule has 0 spiro atoms. The van der Waals surface area contributed by atoms with Crippen molar-refractivity contribution >= 4 is 34.9 Å². The largest absolute Gasteiger partial charge is 0.435 e. The molecule has 1 unspecified atom stereocenters. The molecule has 4 heterocycles. The fourth-order valence-electron chi connectivity index (χ4n) is 3.94. The van der Waals surface area contributed by atoms with Gasteiger partial charge in [0, 0.05) is 30.8 Å². The molecule has 0 saturated carbocycles. The van der Waals surface area contributed by atoms with E-state index in [2.05, 4.69) is 30.6 Å². The maximum Gasteiger partial charge on any atom is 0.435 e. The summed E-state index contributed by atoms with van der Waals surface area (Å²) < 4.78 is 61.8. The molecule has 5 rings (SSSR count). The molecule has 10 nitrogen and oxygen atoms in total. The van der Waals surface area contributed by atoms with Crippen molar-refractivity contribution in [3.63, 3.8) is 0 Å². The molecule has 3 aromatic rings. The summed E-state index contributed by atoms with van der Waals surface area (Å²) in [5.74, 6) is -1.25. The van der Waals surface area contributed by atoms with Crippen LogP contribution in [0.4, 0.5) is 17.6 Å². The molecule has 2 aliphatic rings. The number of halogens is 6. The van der Waals surface area contributed by atoms with Crippen LogP contribution in [-0.4, -0.2) is 43.0 Å². The van der Waals surface area contributed by atoms with E-state index in [0.717, 1.165) is 12.1 Å². The molecule has 1 N–H and O–H groups in total. The van der Waals surface area contributed by atoms with Crippen LogP contribution in [0.15, 0.2) is 27.9 Å². The number of amides is 1. The normalized spacial score (nSPS) is 19.0. The number of fused-ring (bicyclic) bond motifs is 1. The summed E-state index contributed by atoms with van der Waals surface area (Å²) in [7, 11) is 0. The van der Waals surface area contributed by atoms with E-state index >= 15 is 0 Å². The number of carbonyl (C=O) groups is 1. The zero-order valence-electron chi connectivity index (χ0n) is 18.7. The van der Waals surface area contributed by atoms with E-state index in [4.69, 9.17) is 32.5 Å². The average Bonchev–Trinajstić information content (AvgIpc) is 3.57. The van der Waals surface area contributed by atoms with E-state index in [1.807, 2.05) is 0 Å². The van der Waals surface area contributed by atoms with Gasteiger partial charge in [0.25, 0.3) is 11.5 Å². The molecule has 0 fully saturated rings. The van der Waals surface area contributed by atoms with Crippen LogP contribution in [0.3, 0.4) is 0 Å². The Morgan fingerprint density at radius 3 is 2.59 bits per heavy atom. The predicted molar refractivity (Wildman–Crippen MR) is 119 cm³/mol. The average molecular weight is 560 g/mol. The number of hydrogen-bond acceptors (Lipinski definition) is 9. The molecule has 2 aromatic heterocycles. The molecule has 0 bridgehead atoms. The molecular weight excluding hydrogens is 545 g/mol. The first-order valence-corrected chi connectivity index (χ1v) is 11.4. The Kier molecular flexibility index (Phi) is 6.18. The van der Waals surface area contributed by atoms with E-state index in [1.54, 1.807) is 6.92 Å². The van der Waals surface area contributed by atoms with Crippen LogP contribution in [0.1, 0.15) is 45.6 Å². The van der Waals surface area contributed by atoms with Crippen molar-refractivity contribution in [1.29, 1.82) is 0 Å². The molecule has 1 amide bonds. The van der Waals surface area contributed by atoms with Crippen LogP contribution in [0, 0.1) is 12.7 Å². The van der Waals surface area contributed by atoms with Gasteiger partial charge in [-0.15, -0.1) is 10.2 Å². The third kappa shape index (κ3) is 4.55. The number of amidine groups is 1. The standard InChI is InChI=1S/C21H15Cl2F4N7O3/c1-9-31-32-16(36-9)6-29-19(35)18-28-5-10-7-34(8-14(10)30-18)15-4-20(37-33-15,21(25,26)27)11-2-12(22)17(24)13(23)3-11/h2-3,5H,4,6-8H2,1H3,(H,29,35). The molecule has 0 aliphatic carbocycles. The summed E-state index contributed by atoms with van der Waals surface area (Å²) in [4.78, 5) is 27.2. The first-order valence-electron chi connectivity index (χ1n) is 10.6. The zero-order valence-corrected chi connectivity index (χ0v) is 20.2. The van der Waals surface area contributed by atoms with Gasteiger partial charge in [0.2, 0.25) is 17.6 Å². The highest BCUT2D eigenvalue weighted by Gasteiger charge is 2.63. The Hall–Kier alpha value is -3.52. The van der Waals surface area contributed by atoms with Gasteiger partial charge in [-0.3, -0.25) is 4.79 Å². The van der Waals surface area contributed by atoms with Crippen LogP contribution < -0.4 is 5.32 Å². The van der Waals surface area contributed by atoms with E-state index in [1.165, 1.54) is 11.1 Å². The van der Waals surface area contributed by atoms with E-state index in [0.29, 0.717) is 17.1 Å². The van der Waals surface area contributed by atoms with Crippen LogP contribution in [0.5, 0.6) is 0 Å². The van der Waals surface area contributed by atoms with Crippen LogP contribution >= 0.6 is 23.2 Å². The van der Waals surface area contributed by atoms with Crippen molar-refractivity contribution in [3.05, 3.63) is 68.6 Å². The zero-order chi connectivity index (χ0) is 26.5. The van der Waals surface area contributed by atoms with E-state index in [9.17, 15) is 22.4 Å². The van der Waals surface area contributed by atoms with Gasteiger partial charge in [-0.05, 0) is 12.1 Å². The SMILES string of the molecule is Cc1nnc(CNC(=O)c2ncc3c(n2)CN(C2=NOC(c4cc(Cl)c(F)c(Cl)c4)(C(F)(F)F)C2)C3)o1. The van der Waals surface area contributed by atoms with Gasteiger partial charge in [0.15, 0.2) is 5.82 Å². The Balaban J connectivity index is 1.32. The molecular formula is C21H15Cl2F4N7O3. The van der Waals surface area contributed by atoms with E-state index in [-0.39, 0.29) is 37.2 Å². The number of benzene rings is 1. The number of aryl methyl sites for hydroxylation is 1.